The summed E-state index contributed by atoms with van der Waals surface area (Å²) >= 11 is 0. The maximum Gasteiger partial charge on any atom is 0.238 e. The van der Waals surface area contributed by atoms with Gasteiger partial charge in [-0.15, -0.1) is 0 Å². The molecule has 1 heterocycles. The third kappa shape index (κ3) is 3.86. The van der Waals surface area contributed by atoms with Gasteiger partial charge >= 0.3 is 0 Å². The van der Waals surface area contributed by atoms with Gasteiger partial charge in [-0.3, -0.25) is 10.1 Å². The largest absolute Gasteiger partial charge is 0.497 e. The van der Waals surface area contributed by atoms with Gasteiger partial charge in [0.15, 0.2) is 0 Å². The Morgan fingerprint density at radius 3 is 2.90 bits per heavy atom. The highest BCUT2D eigenvalue weighted by atomic mass is 16.5. The fourth-order valence-corrected chi connectivity index (χ4v) is 1.79. The molecular weight excluding hydrogens is 256 g/mol. The number of anilines is 1. The lowest BCUT2D eigenvalue weighted by Gasteiger charge is -2.11. The minimum Gasteiger partial charge on any atom is -0.497 e. The van der Waals surface area contributed by atoms with E-state index in [1.807, 2.05) is 37.3 Å². The molecule has 2 aromatic rings. The van der Waals surface area contributed by atoms with Gasteiger partial charge in [-0.25, -0.2) is 0 Å². The molecule has 0 fully saturated rings. The number of furan rings is 1. The Balaban J connectivity index is 1.83. The molecule has 0 saturated carbocycles. The zero-order valence-electron chi connectivity index (χ0n) is 11.6. The van der Waals surface area contributed by atoms with E-state index in [-0.39, 0.29) is 18.5 Å². The lowest BCUT2D eigenvalue weighted by atomic mass is 10.2. The van der Waals surface area contributed by atoms with Crippen LogP contribution in [0.1, 0.15) is 18.7 Å². The third-order valence-corrected chi connectivity index (χ3v) is 2.89. The molecule has 0 aliphatic rings. The average molecular weight is 274 g/mol. The quantitative estimate of drug-likeness (QED) is 0.849. The van der Waals surface area contributed by atoms with Gasteiger partial charge in [0.2, 0.25) is 5.91 Å². The van der Waals surface area contributed by atoms with E-state index in [4.69, 9.17) is 9.15 Å². The first kappa shape index (κ1) is 14.1. The first-order valence-corrected chi connectivity index (χ1v) is 6.39. The summed E-state index contributed by atoms with van der Waals surface area (Å²) in [4.78, 5) is 11.8. The number of rotatable bonds is 6. The van der Waals surface area contributed by atoms with Gasteiger partial charge in [0.25, 0.3) is 0 Å². The number of carbonyl (C=O) groups is 1. The van der Waals surface area contributed by atoms with Crippen molar-refractivity contribution in [1.29, 1.82) is 0 Å². The Labute approximate surface area is 117 Å². The molecule has 0 radical (unpaired) electrons. The Morgan fingerprint density at radius 2 is 2.20 bits per heavy atom. The molecule has 0 aliphatic heterocycles. The molecule has 20 heavy (non-hydrogen) atoms. The second-order valence-electron chi connectivity index (χ2n) is 4.40. The van der Waals surface area contributed by atoms with Crippen molar-refractivity contribution in [2.75, 3.05) is 19.0 Å². The average Bonchev–Trinajstić information content (AvgIpc) is 2.99. The Hall–Kier alpha value is -2.27. The molecule has 0 unspecified atom stereocenters. The molecule has 1 atom stereocenters. The van der Waals surface area contributed by atoms with E-state index in [1.54, 1.807) is 19.4 Å². The number of nitrogens with one attached hydrogen (secondary N) is 2. The standard InChI is InChI=1S/C15H18N2O3/c1-11(14-7-4-8-20-14)16-10-15(18)17-12-5-3-6-13(9-12)19-2/h3-9,11,16H,10H2,1-2H3,(H,17,18)/t11-/m1/s1. The van der Waals surface area contributed by atoms with Crippen molar-refractivity contribution in [2.24, 2.45) is 0 Å². The predicted molar refractivity (Wildman–Crippen MR) is 76.7 cm³/mol. The zero-order valence-corrected chi connectivity index (χ0v) is 11.6. The van der Waals surface area contributed by atoms with Gasteiger partial charge < -0.3 is 14.5 Å². The van der Waals surface area contributed by atoms with E-state index in [0.717, 1.165) is 5.76 Å². The number of carbonyl (C=O) groups excluding carboxylic acids is 1. The van der Waals surface area contributed by atoms with Crippen molar-refractivity contribution >= 4 is 11.6 Å². The second kappa shape index (κ2) is 6.77. The molecule has 2 N–H and O–H groups in total. The highest BCUT2D eigenvalue weighted by molar-refractivity contribution is 5.92. The van der Waals surface area contributed by atoms with E-state index < -0.39 is 0 Å². The van der Waals surface area contributed by atoms with Crippen LogP contribution in [0.2, 0.25) is 0 Å². The van der Waals surface area contributed by atoms with Crippen molar-refractivity contribution in [2.45, 2.75) is 13.0 Å². The van der Waals surface area contributed by atoms with Crippen molar-refractivity contribution < 1.29 is 13.9 Å². The number of hydrogen-bond acceptors (Lipinski definition) is 4. The van der Waals surface area contributed by atoms with Gasteiger partial charge in [-0.2, -0.15) is 0 Å². The van der Waals surface area contributed by atoms with Gasteiger partial charge in [0, 0.05) is 11.8 Å². The van der Waals surface area contributed by atoms with Gasteiger partial charge in [-0.05, 0) is 31.2 Å². The van der Waals surface area contributed by atoms with Crippen LogP contribution in [0.5, 0.6) is 5.75 Å². The predicted octanol–water partition coefficient (Wildman–Crippen LogP) is 2.58. The van der Waals surface area contributed by atoms with Crippen LogP contribution in [-0.2, 0) is 4.79 Å². The summed E-state index contributed by atoms with van der Waals surface area (Å²) in [7, 11) is 1.59. The second-order valence-corrected chi connectivity index (χ2v) is 4.40. The molecule has 0 saturated heterocycles. The molecule has 0 spiro atoms. The van der Waals surface area contributed by atoms with Gasteiger partial charge in [0.1, 0.15) is 11.5 Å². The summed E-state index contributed by atoms with van der Waals surface area (Å²) < 4.78 is 10.4. The van der Waals surface area contributed by atoms with E-state index in [2.05, 4.69) is 10.6 Å². The summed E-state index contributed by atoms with van der Waals surface area (Å²) in [5.74, 6) is 1.40. The highest BCUT2D eigenvalue weighted by Crippen LogP contribution is 2.16. The molecule has 106 valence electrons. The van der Waals surface area contributed by atoms with Gasteiger partial charge in [0.05, 0.1) is 26.0 Å². The first-order valence-electron chi connectivity index (χ1n) is 6.39. The lowest BCUT2D eigenvalue weighted by molar-refractivity contribution is -0.115. The first-order chi connectivity index (χ1) is 9.69. The number of amides is 1. The van der Waals surface area contributed by atoms with E-state index in [9.17, 15) is 4.79 Å². The molecule has 0 aliphatic carbocycles. The molecule has 5 heteroatoms. The van der Waals surface area contributed by atoms with Crippen LogP contribution in [-0.4, -0.2) is 19.6 Å². The summed E-state index contributed by atoms with van der Waals surface area (Å²) in [5.41, 5.74) is 0.710. The Morgan fingerprint density at radius 1 is 1.35 bits per heavy atom. The molecule has 0 bridgehead atoms. The zero-order chi connectivity index (χ0) is 14.4. The lowest BCUT2D eigenvalue weighted by Crippen LogP contribution is -2.29. The molecule has 1 aromatic carbocycles. The molecule has 5 nitrogen and oxygen atoms in total. The summed E-state index contributed by atoms with van der Waals surface area (Å²) in [6.45, 7) is 2.15. The third-order valence-electron chi connectivity index (χ3n) is 2.89. The monoisotopic (exact) mass is 274 g/mol. The molecular formula is C15H18N2O3. The summed E-state index contributed by atoms with van der Waals surface area (Å²) in [5, 5.41) is 5.90. The Bertz CT molecular complexity index is 552. The van der Waals surface area contributed by atoms with Crippen LogP contribution in [0, 0.1) is 0 Å². The fraction of sp³-hybridized carbons (Fsp3) is 0.267. The topological polar surface area (TPSA) is 63.5 Å². The van der Waals surface area contributed by atoms with E-state index >= 15 is 0 Å². The minimum atomic E-state index is -0.114. The maximum atomic E-state index is 11.8. The molecule has 1 aromatic heterocycles. The Kier molecular flexibility index (Phi) is 4.79. The fourth-order valence-electron chi connectivity index (χ4n) is 1.79. The smallest absolute Gasteiger partial charge is 0.238 e. The molecule has 2 rings (SSSR count). The summed E-state index contributed by atoms with van der Waals surface area (Å²) in [6, 6.07) is 10.9. The van der Waals surface area contributed by atoms with Crippen LogP contribution in [0.25, 0.3) is 0 Å². The normalized spacial score (nSPS) is 11.9. The maximum absolute atomic E-state index is 11.8. The van der Waals surface area contributed by atoms with Crippen LogP contribution in [0.4, 0.5) is 5.69 Å². The number of hydrogen-bond donors (Lipinski definition) is 2. The van der Waals surface area contributed by atoms with Crippen molar-refractivity contribution in [3.05, 3.63) is 48.4 Å². The SMILES string of the molecule is COc1cccc(NC(=O)CN[C@H](C)c2ccco2)c1. The minimum absolute atomic E-state index is 0.0129. The number of benzene rings is 1. The van der Waals surface area contributed by atoms with Crippen molar-refractivity contribution in [3.8, 4) is 5.75 Å². The van der Waals surface area contributed by atoms with Crippen LogP contribution in [0.3, 0.4) is 0 Å². The van der Waals surface area contributed by atoms with Crippen LogP contribution in [0.15, 0.2) is 47.1 Å². The van der Waals surface area contributed by atoms with Crippen molar-refractivity contribution in [3.63, 3.8) is 0 Å². The van der Waals surface area contributed by atoms with E-state index in [0.29, 0.717) is 11.4 Å². The molecule has 1 amide bonds. The summed E-state index contributed by atoms with van der Waals surface area (Å²) in [6.07, 6.45) is 1.61. The van der Waals surface area contributed by atoms with E-state index in [1.165, 1.54) is 0 Å². The van der Waals surface area contributed by atoms with Crippen LogP contribution < -0.4 is 15.4 Å². The highest BCUT2D eigenvalue weighted by Gasteiger charge is 2.10. The number of ether oxygens (including phenoxy) is 1. The number of methoxy groups -OCH3 is 1. The van der Waals surface area contributed by atoms with Crippen molar-refractivity contribution in [1.82, 2.24) is 5.32 Å². The van der Waals surface area contributed by atoms with Gasteiger partial charge in [-0.1, -0.05) is 6.07 Å². The van der Waals surface area contributed by atoms with Crippen LogP contribution >= 0.6 is 0 Å².